The van der Waals surface area contributed by atoms with Crippen molar-refractivity contribution < 1.29 is 12.8 Å². The molecule has 4 rings (SSSR count). The Kier molecular flexibility index (Phi) is 5.80. The molecule has 0 saturated carbocycles. The van der Waals surface area contributed by atoms with E-state index < -0.39 is 9.84 Å². The zero-order valence-corrected chi connectivity index (χ0v) is 18.8. The van der Waals surface area contributed by atoms with Crippen molar-refractivity contribution in [2.75, 3.05) is 11.6 Å². The number of imidazole rings is 1. The molecule has 1 N–H and O–H groups in total. The van der Waals surface area contributed by atoms with Gasteiger partial charge in [0, 0.05) is 36.7 Å². The van der Waals surface area contributed by atoms with Crippen molar-refractivity contribution in [2.45, 2.75) is 18.1 Å². The van der Waals surface area contributed by atoms with E-state index in [-0.39, 0.29) is 17.0 Å². The van der Waals surface area contributed by atoms with Gasteiger partial charge in [-0.1, -0.05) is 30.3 Å². The fourth-order valence-corrected chi connectivity index (χ4v) is 4.50. The van der Waals surface area contributed by atoms with Gasteiger partial charge >= 0.3 is 0 Å². The van der Waals surface area contributed by atoms with Gasteiger partial charge in [-0.25, -0.2) is 22.8 Å². The van der Waals surface area contributed by atoms with Crippen molar-refractivity contribution in [3.63, 3.8) is 0 Å². The van der Waals surface area contributed by atoms with Crippen LogP contribution in [0.1, 0.15) is 18.5 Å². The molecule has 0 aliphatic carbocycles. The number of aromatic nitrogens is 3. The summed E-state index contributed by atoms with van der Waals surface area (Å²) in [5, 5.41) is 3.32. The Hall–Kier alpha value is -3.52. The summed E-state index contributed by atoms with van der Waals surface area (Å²) in [5.74, 6) is 0.269. The van der Waals surface area contributed by atoms with E-state index in [9.17, 15) is 12.8 Å². The normalized spacial score (nSPS) is 12.5. The average Bonchev–Trinajstić information content (AvgIpc) is 3.12. The van der Waals surface area contributed by atoms with Gasteiger partial charge in [-0.15, -0.1) is 0 Å². The lowest BCUT2D eigenvalue weighted by atomic mass is 10.0. The summed E-state index contributed by atoms with van der Waals surface area (Å²) in [6.07, 6.45) is 2.78. The molecule has 1 atom stereocenters. The Morgan fingerprint density at radius 1 is 1.00 bits per heavy atom. The molecule has 0 aliphatic rings. The van der Waals surface area contributed by atoms with Crippen LogP contribution in [0.4, 0.5) is 10.2 Å². The second-order valence-electron chi connectivity index (χ2n) is 7.64. The summed E-state index contributed by atoms with van der Waals surface area (Å²) in [4.78, 5) is 8.83. The minimum Gasteiger partial charge on any atom is -0.364 e. The van der Waals surface area contributed by atoms with E-state index in [0.29, 0.717) is 22.8 Å². The minimum absolute atomic E-state index is 0.0219. The molecule has 1 unspecified atom stereocenters. The molecular weight excluding hydrogens is 427 g/mol. The summed E-state index contributed by atoms with van der Waals surface area (Å²) < 4.78 is 39.7. The van der Waals surface area contributed by atoms with Gasteiger partial charge in [-0.3, -0.25) is 0 Å². The van der Waals surface area contributed by atoms with Gasteiger partial charge in [-0.2, -0.15) is 0 Å². The number of rotatable bonds is 6. The molecule has 8 heteroatoms. The van der Waals surface area contributed by atoms with Gasteiger partial charge in [0.2, 0.25) is 15.0 Å². The number of hydrogen-bond donors (Lipinski definition) is 1. The van der Waals surface area contributed by atoms with Crippen LogP contribution >= 0.6 is 0 Å². The molecule has 0 bridgehead atoms. The molecule has 0 aliphatic heterocycles. The van der Waals surface area contributed by atoms with Crippen LogP contribution in [0.5, 0.6) is 0 Å². The van der Waals surface area contributed by atoms with Crippen LogP contribution in [0, 0.1) is 5.82 Å². The zero-order chi connectivity index (χ0) is 22.9. The number of pyridine rings is 1. The third kappa shape index (κ3) is 4.40. The van der Waals surface area contributed by atoms with Crippen molar-refractivity contribution in [1.29, 1.82) is 0 Å². The molecule has 6 nitrogen and oxygen atoms in total. The Labute approximate surface area is 186 Å². The fourth-order valence-electron chi connectivity index (χ4n) is 3.65. The standard InChI is InChI=1S/C24H23FN4O2S/c1-16(17-7-5-4-6-8-17)27-21-15-19(13-14-26-21)23-22(18-9-11-20(25)12-10-18)28-24(29(23)2)32(3,30)31/h4-16H,1-3H3,(H,26,27). The molecule has 32 heavy (non-hydrogen) atoms. The number of hydrogen-bond acceptors (Lipinski definition) is 5. The van der Waals surface area contributed by atoms with E-state index in [0.717, 1.165) is 17.4 Å². The topological polar surface area (TPSA) is 76.9 Å². The van der Waals surface area contributed by atoms with Crippen LogP contribution in [0.15, 0.2) is 78.1 Å². The third-order valence-corrected chi connectivity index (χ3v) is 6.23. The number of nitrogens with zero attached hydrogens (tertiary/aromatic N) is 3. The maximum Gasteiger partial charge on any atom is 0.228 e. The first-order chi connectivity index (χ1) is 15.2. The average molecular weight is 451 g/mol. The summed E-state index contributed by atoms with van der Waals surface area (Å²) in [6, 6.07) is 19.5. The van der Waals surface area contributed by atoms with E-state index in [2.05, 4.69) is 15.3 Å². The van der Waals surface area contributed by atoms with Gasteiger partial charge in [0.1, 0.15) is 11.6 Å². The summed E-state index contributed by atoms with van der Waals surface area (Å²) in [5.41, 5.74) is 3.55. The Morgan fingerprint density at radius 2 is 1.69 bits per heavy atom. The molecule has 4 aromatic rings. The van der Waals surface area contributed by atoms with Crippen LogP contribution in [-0.4, -0.2) is 29.2 Å². The van der Waals surface area contributed by atoms with Gasteiger partial charge in [0.25, 0.3) is 0 Å². The predicted molar refractivity (Wildman–Crippen MR) is 123 cm³/mol. The lowest BCUT2D eigenvalue weighted by molar-refractivity contribution is 0.585. The second-order valence-corrected chi connectivity index (χ2v) is 9.55. The molecule has 0 radical (unpaired) electrons. The van der Waals surface area contributed by atoms with Crippen molar-refractivity contribution in [3.8, 4) is 22.5 Å². The minimum atomic E-state index is -3.58. The Bertz CT molecular complexity index is 1350. The first-order valence-corrected chi connectivity index (χ1v) is 11.9. The number of nitrogens with one attached hydrogen (secondary N) is 1. The van der Waals surface area contributed by atoms with Gasteiger partial charge < -0.3 is 9.88 Å². The lowest BCUT2D eigenvalue weighted by Crippen LogP contribution is -2.08. The van der Waals surface area contributed by atoms with Crippen molar-refractivity contribution in [3.05, 3.63) is 84.3 Å². The van der Waals surface area contributed by atoms with E-state index in [1.54, 1.807) is 36.0 Å². The van der Waals surface area contributed by atoms with Crippen LogP contribution in [-0.2, 0) is 16.9 Å². The SMILES string of the molecule is CC(Nc1cc(-c2c(-c3ccc(F)cc3)nc(S(C)(=O)=O)n2C)ccn1)c1ccccc1. The van der Waals surface area contributed by atoms with Crippen molar-refractivity contribution in [1.82, 2.24) is 14.5 Å². The molecule has 0 amide bonds. The zero-order valence-electron chi connectivity index (χ0n) is 17.9. The molecule has 2 heterocycles. The first-order valence-electron chi connectivity index (χ1n) is 10.0. The highest BCUT2D eigenvalue weighted by Crippen LogP contribution is 2.34. The highest BCUT2D eigenvalue weighted by molar-refractivity contribution is 7.90. The molecule has 164 valence electrons. The second kappa shape index (κ2) is 8.55. The fraction of sp³-hybridized carbons (Fsp3) is 0.167. The Morgan fingerprint density at radius 3 is 2.34 bits per heavy atom. The van der Waals surface area contributed by atoms with Crippen LogP contribution in [0.3, 0.4) is 0 Å². The number of benzene rings is 2. The third-order valence-electron chi connectivity index (χ3n) is 5.20. The molecule has 0 saturated heterocycles. The van der Waals surface area contributed by atoms with Crippen LogP contribution in [0.25, 0.3) is 22.5 Å². The van der Waals surface area contributed by atoms with E-state index in [4.69, 9.17) is 0 Å². The first kappa shape index (κ1) is 21.7. The highest BCUT2D eigenvalue weighted by Gasteiger charge is 2.24. The molecule has 0 spiro atoms. The molecule has 2 aromatic carbocycles. The molecule has 0 fully saturated rings. The lowest BCUT2D eigenvalue weighted by Gasteiger charge is -2.16. The summed E-state index contributed by atoms with van der Waals surface area (Å²) in [7, 11) is -1.92. The van der Waals surface area contributed by atoms with Crippen LogP contribution < -0.4 is 5.32 Å². The van der Waals surface area contributed by atoms with E-state index >= 15 is 0 Å². The highest BCUT2D eigenvalue weighted by atomic mass is 32.2. The maximum atomic E-state index is 13.5. The van der Waals surface area contributed by atoms with Crippen LogP contribution in [0.2, 0.25) is 0 Å². The number of anilines is 1. The maximum absolute atomic E-state index is 13.5. The van der Waals surface area contributed by atoms with E-state index in [1.165, 1.54) is 12.1 Å². The van der Waals surface area contributed by atoms with Crippen molar-refractivity contribution in [2.24, 2.45) is 7.05 Å². The van der Waals surface area contributed by atoms with Gasteiger partial charge in [0.15, 0.2) is 0 Å². The number of sulfone groups is 1. The van der Waals surface area contributed by atoms with Gasteiger partial charge in [0.05, 0.1) is 11.4 Å². The largest absolute Gasteiger partial charge is 0.364 e. The number of halogens is 1. The smallest absolute Gasteiger partial charge is 0.228 e. The molecule has 2 aromatic heterocycles. The van der Waals surface area contributed by atoms with Gasteiger partial charge in [-0.05, 0) is 48.9 Å². The Balaban J connectivity index is 1.80. The van der Waals surface area contributed by atoms with Crippen molar-refractivity contribution >= 4 is 15.7 Å². The summed E-state index contributed by atoms with van der Waals surface area (Å²) in [6.45, 7) is 2.04. The molecular formula is C24H23FN4O2S. The monoisotopic (exact) mass is 450 g/mol. The summed E-state index contributed by atoms with van der Waals surface area (Å²) >= 11 is 0. The predicted octanol–water partition coefficient (Wildman–Crippen LogP) is 4.86. The van der Waals surface area contributed by atoms with E-state index in [1.807, 2.05) is 43.3 Å². The quantitative estimate of drug-likeness (QED) is 0.454.